The maximum atomic E-state index is 13.6. The lowest BCUT2D eigenvalue weighted by Gasteiger charge is -2.27. The first-order valence-corrected chi connectivity index (χ1v) is 12.1. The van der Waals surface area contributed by atoms with Gasteiger partial charge in [0, 0.05) is 31.7 Å². The first kappa shape index (κ1) is 22.7. The van der Waals surface area contributed by atoms with Gasteiger partial charge in [0.25, 0.3) is 5.91 Å². The van der Waals surface area contributed by atoms with Gasteiger partial charge in [-0.25, -0.2) is 4.98 Å². The molecule has 0 N–H and O–H groups in total. The summed E-state index contributed by atoms with van der Waals surface area (Å²) in [5, 5.41) is 0.762. The summed E-state index contributed by atoms with van der Waals surface area (Å²) in [5.41, 5.74) is 3.96. The highest BCUT2D eigenvalue weighted by Crippen LogP contribution is 2.34. The molecular weight excluding hydrogens is 422 g/mol. The van der Waals surface area contributed by atoms with Crippen molar-refractivity contribution in [1.82, 2.24) is 9.88 Å². The van der Waals surface area contributed by atoms with E-state index in [0.717, 1.165) is 65.9 Å². The average molecular weight is 454 g/mol. The van der Waals surface area contributed by atoms with Crippen molar-refractivity contribution in [2.75, 3.05) is 50.9 Å². The van der Waals surface area contributed by atoms with Crippen LogP contribution in [0.15, 0.2) is 36.4 Å². The number of nitrogens with zero attached hydrogens (tertiary/aromatic N) is 3. The third-order valence-corrected chi connectivity index (χ3v) is 6.99. The van der Waals surface area contributed by atoms with Crippen molar-refractivity contribution in [3.8, 4) is 5.75 Å². The Bertz CT molecular complexity index is 1020. The first-order valence-electron chi connectivity index (χ1n) is 11.3. The van der Waals surface area contributed by atoms with Gasteiger partial charge in [0.1, 0.15) is 5.75 Å². The van der Waals surface area contributed by atoms with Crippen LogP contribution in [0.5, 0.6) is 5.75 Å². The topological polar surface area (TPSA) is 54.9 Å². The second-order valence-corrected chi connectivity index (χ2v) is 9.07. The molecule has 1 fully saturated rings. The average Bonchev–Trinajstić information content (AvgIpc) is 3.27. The predicted octanol–water partition coefficient (Wildman–Crippen LogP) is 4.68. The van der Waals surface area contributed by atoms with Crippen LogP contribution in [-0.2, 0) is 4.74 Å². The van der Waals surface area contributed by atoms with Gasteiger partial charge >= 0.3 is 0 Å². The zero-order chi connectivity index (χ0) is 22.5. The molecule has 0 radical (unpaired) electrons. The van der Waals surface area contributed by atoms with E-state index in [9.17, 15) is 4.79 Å². The number of amides is 1. The van der Waals surface area contributed by atoms with Crippen LogP contribution in [0, 0.1) is 13.8 Å². The Kier molecular flexibility index (Phi) is 7.40. The molecule has 1 saturated heterocycles. The molecule has 1 aliphatic heterocycles. The molecule has 32 heavy (non-hydrogen) atoms. The summed E-state index contributed by atoms with van der Waals surface area (Å²) in [6, 6.07) is 11.6. The summed E-state index contributed by atoms with van der Waals surface area (Å²) in [6.07, 6.45) is 0.886. The number of hydrogen-bond acceptors (Lipinski definition) is 6. The van der Waals surface area contributed by atoms with Crippen LogP contribution in [0.2, 0.25) is 0 Å². The Labute approximate surface area is 193 Å². The van der Waals surface area contributed by atoms with Crippen molar-refractivity contribution in [3.05, 3.63) is 53.1 Å². The molecule has 7 heteroatoms. The minimum absolute atomic E-state index is 0.0237. The lowest BCUT2D eigenvalue weighted by Crippen LogP contribution is -2.39. The van der Waals surface area contributed by atoms with Crippen LogP contribution in [0.4, 0.5) is 5.13 Å². The standard InChI is InChI=1S/C25H31N3O3S/c1-4-31-21-10-8-20(9-11-21)24(29)28(13-5-12-27-14-16-30-17-15-27)25-26-22-18(2)6-7-19(3)23(22)32-25/h6-11H,4-5,12-17H2,1-3H3. The summed E-state index contributed by atoms with van der Waals surface area (Å²) < 4.78 is 12.1. The molecule has 2 aromatic carbocycles. The number of thiazole rings is 1. The van der Waals surface area contributed by atoms with E-state index in [1.54, 1.807) is 11.3 Å². The van der Waals surface area contributed by atoms with Crippen molar-refractivity contribution < 1.29 is 14.3 Å². The Hall–Kier alpha value is -2.48. The van der Waals surface area contributed by atoms with Gasteiger partial charge in [-0.1, -0.05) is 23.5 Å². The van der Waals surface area contributed by atoms with Gasteiger partial charge in [0.2, 0.25) is 0 Å². The third-order valence-electron chi connectivity index (χ3n) is 5.78. The van der Waals surface area contributed by atoms with Crippen LogP contribution in [0.1, 0.15) is 34.8 Å². The van der Waals surface area contributed by atoms with E-state index in [2.05, 4.69) is 30.9 Å². The minimum Gasteiger partial charge on any atom is -0.494 e. The number of rotatable bonds is 8. The maximum Gasteiger partial charge on any atom is 0.260 e. The van der Waals surface area contributed by atoms with E-state index >= 15 is 0 Å². The molecule has 1 amide bonds. The Morgan fingerprint density at radius 2 is 1.84 bits per heavy atom. The fourth-order valence-electron chi connectivity index (χ4n) is 3.94. The minimum atomic E-state index is -0.0237. The van der Waals surface area contributed by atoms with Gasteiger partial charge in [-0.05, 0) is 62.6 Å². The van der Waals surface area contributed by atoms with E-state index in [4.69, 9.17) is 14.5 Å². The predicted molar refractivity (Wildman–Crippen MR) is 130 cm³/mol. The van der Waals surface area contributed by atoms with Gasteiger partial charge in [-0.2, -0.15) is 0 Å². The van der Waals surface area contributed by atoms with Crippen LogP contribution in [0.25, 0.3) is 10.2 Å². The molecule has 0 aliphatic carbocycles. The SMILES string of the molecule is CCOc1ccc(C(=O)N(CCCN2CCOCC2)c2nc3c(C)ccc(C)c3s2)cc1. The number of fused-ring (bicyclic) bond motifs is 1. The lowest BCUT2D eigenvalue weighted by atomic mass is 10.1. The summed E-state index contributed by atoms with van der Waals surface area (Å²) in [7, 11) is 0. The number of anilines is 1. The highest BCUT2D eigenvalue weighted by molar-refractivity contribution is 7.22. The fourth-order valence-corrected chi connectivity index (χ4v) is 5.08. The highest BCUT2D eigenvalue weighted by atomic mass is 32.1. The first-order chi connectivity index (χ1) is 15.6. The molecule has 1 aliphatic rings. The van der Waals surface area contributed by atoms with Gasteiger partial charge in [-0.3, -0.25) is 14.6 Å². The highest BCUT2D eigenvalue weighted by Gasteiger charge is 2.23. The normalized spacial score (nSPS) is 14.6. The summed E-state index contributed by atoms with van der Waals surface area (Å²) >= 11 is 1.60. The number of aromatic nitrogens is 1. The van der Waals surface area contributed by atoms with Crippen molar-refractivity contribution in [2.24, 2.45) is 0 Å². The van der Waals surface area contributed by atoms with Gasteiger partial charge < -0.3 is 9.47 Å². The molecule has 170 valence electrons. The molecule has 4 rings (SSSR count). The molecular formula is C25H31N3O3S. The van der Waals surface area contributed by atoms with Gasteiger partial charge in [0.05, 0.1) is 30.0 Å². The van der Waals surface area contributed by atoms with E-state index < -0.39 is 0 Å². The van der Waals surface area contributed by atoms with Crippen LogP contribution in [-0.4, -0.2) is 61.8 Å². The van der Waals surface area contributed by atoms with E-state index in [1.165, 1.54) is 5.56 Å². The second-order valence-electron chi connectivity index (χ2n) is 8.10. The number of ether oxygens (including phenoxy) is 2. The van der Waals surface area contributed by atoms with Crippen molar-refractivity contribution in [3.63, 3.8) is 0 Å². The Morgan fingerprint density at radius 3 is 2.53 bits per heavy atom. The molecule has 0 spiro atoms. The van der Waals surface area contributed by atoms with E-state index in [1.807, 2.05) is 36.1 Å². The zero-order valence-electron chi connectivity index (χ0n) is 19.1. The summed E-state index contributed by atoms with van der Waals surface area (Å²) in [4.78, 5) is 22.7. The van der Waals surface area contributed by atoms with Crippen molar-refractivity contribution >= 4 is 32.6 Å². The van der Waals surface area contributed by atoms with Gasteiger partial charge in [-0.15, -0.1) is 0 Å². The monoisotopic (exact) mass is 453 g/mol. The molecule has 2 heterocycles. The molecule has 0 saturated carbocycles. The van der Waals surface area contributed by atoms with Crippen molar-refractivity contribution in [2.45, 2.75) is 27.2 Å². The van der Waals surface area contributed by atoms with Crippen LogP contribution < -0.4 is 9.64 Å². The molecule has 3 aromatic rings. The maximum absolute atomic E-state index is 13.6. The zero-order valence-corrected chi connectivity index (χ0v) is 19.9. The third kappa shape index (κ3) is 5.11. The quantitative estimate of drug-likeness (QED) is 0.496. The van der Waals surface area contributed by atoms with E-state index in [0.29, 0.717) is 18.7 Å². The largest absolute Gasteiger partial charge is 0.494 e. The number of aryl methyl sites for hydroxylation is 2. The fraction of sp³-hybridized carbons (Fsp3) is 0.440. The Morgan fingerprint density at radius 1 is 1.12 bits per heavy atom. The molecule has 1 aromatic heterocycles. The summed E-state index contributed by atoms with van der Waals surface area (Å²) in [5.74, 6) is 0.749. The lowest BCUT2D eigenvalue weighted by molar-refractivity contribution is 0.0376. The number of carbonyl (C=O) groups is 1. The second kappa shape index (κ2) is 10.4. The van der Waals surface area contributed by atoms with Gasteiger partial charge in [0.15, 0.2) is 5.13 Å². The number of carbonyl (C=O) groups excluding carboxylic acids is 1. The number of benzene rings is 2. The number of morpholine rings is 1. The smallest absolute Gasteiger partial charge is 0.260 e. The Balaban J connectivity index is 1.59. The molecule has 6 nitrogen and oxygen atoms in total. The van der Waals surface area contributed by atoms with Crippen LogP contribution >= 0.6 is 11.3 Å². The molecule has 0 unspecified atom stereocenters. The summed E-state index contributed by atoms with van der Waals surface area (Å²) in [6.45, 7) is 11.8. The van der Waals surface area contributed by atoms with E-state index in [-0.39, 0.29) is 5.91 Å². The van der Waals surface area contributed by atoms with Crippen molar-refractivity contribution in [1.29, 1.82) is 0 Å². The molecule has 0 bridgehead atoms. The van der Waals surface area contributed by atoms with Crippen LogP contribution in [0.3, 0.4) is 0 Å². The number of hydrogen-bond donors (Lipinski definition) is 0. The molecule has 0 atom stereocenters.